The van der Waals surface area contributed by atoms with Crippen molar-refractivity contribution in [3.63, 3.8) is 0 Å². The van der Waals surface area contributed by atoms with E-state index in [0.29, 0.717) is 28.0 Å². The number of anilines is 3. The van der Waals surface area contributed by atoms with Gasteiger partial charge in [0.2, 0.25) is 5.78 Å². The minimum atomic E-state index is -1.41. The molecule has 0 aliphatic carbocycles. The van der Waals surface area contributed by atoms with Crippen molar-refractivity contribution in [1.82, 2.24) is 24.4 Å². The standard InChI is InChI=1S/C59H46N8O14/c1-32-49(44-19-4-6-25-66(44)50(32)40-17-10-18-41(58(76)77)48(40)52(71)38-15-2-3-16-39(38)57(74)75)63-55(72)34-11-8-13-36(27-34)80-30-46(68)61-23-24-62-47(69)31-81-37-14-9-12-35(28-37)56(73)65-53-45-20-5-7-26-67(45)54(64-53)51(70)33-21-22-43(60)42(29-33)59(78)79/h2-22,25-29H,23-24,30-31,60H2,1H3,(H,61,68)(H,62,69)(H,63,72)(H,65,73)(H,74,75)(H,76,77)(H,78,79). The van der Waals surface area contributed by atoms with Crippen molar-refractivity contribution in [3.05, 3.63) is 214 Å². The number of carboxylic acids is 3. The van der Waals surface area contributed by atoms with E-state index >= 15 is 0 Å². The van der Waals surface area contributed by atoms with Gasteiger partial charge in [-0.2, -0.15) is 0 Å². The molecule has 406 valence electrons. The Bertz CT molecular complexity index is 4070. The Labute approximate surface area is 458 Å². The van der Waals surface area contributed by atoms with E-state index in [2.05, 4.69) is 26.3 Å². The summed E-state index contributed by atoms with van der Waals surface area (Å²) in [5.74, 6) is -7.43. The maximum atomic E-state index is 14.2. The van der Waals surface area contributed by atoms with Gasteiger partial charge < -0.3 is 56.2 Å². The molecule has 0 fully saturated rings. The first-order chi connectivity index (χ1) is 39.0. The highest BCUT2D eigenvalue weighted by Crippen LogP contribution is 2.39. The topological polar surface area (TPSA) is 329 Å². The molecule has 4 heterocycles. The molecule has 0 aliphatic heterocycles. The van der Waals surface area contributed by atoms with E-state index in [1.807, 2.05) is 0 Å². The van der Waals surface area contributed by atoms with E-state index in [0.717, 1.165) is 6.07 Å². The van der Waals surface area contributed by atoms with Gasteiger partial charge in [-0.3, -0.25) is 33.2 Å². The summed E-state index contributed by atoms with van der Waals surface area (Å²) in [5.41, 5.74) is 6.94. The van der Waals surface area contributed by atoms with E-state index in [9.17, 15) is 58.5 Å². The first-order valence-corrected chi connectivity index (χ1v) is 24.6. The third-order valence-corrected chi connectivity index (χ3v) is 12.7. The van der Waals surface area contributed by atoms with Crippen molar-refractivity contribution in [3.8, 4) is 22.8 Å². The van der Waals surface area contributed by atoms with Crippen LogP contribution < -0.4 is 36.5 Å². The molecule has 0 atom stereocenters. The van der Waals surface area contributed by atoms with Crippen molar-refractivity contribution >= 4 is 81.3 Å². The lowest BCUT2D eigenvalue weighted by Crippen LogP contribution is -2.38. The second-order valence-electron chi connectivity index (χ2n) is 17.9. The Morgan fingerprint density at radius 1 is 0.531 bits per heavy atom. The molecule has 81 heavy (non-hydrogen) atoms. The Balaban J connectivity index is 0.769. The first-order valence-electron chi connectivity index (χ1n) is 24.6. The molecule has 0 saturated heterocycles. The molecule has 9 rings (SSSR count). The summed E-state index contributed by atoms with van der Waals surface area (Å²) in [6, 6.07) is 35.8. The van der Waals surface area contributed by atoms with E-state index in [4.69, 9.17) is 15.2 Å². The van der Waals surface area contributed by atoms with Gasteiger partial charge in [0.25, 0.3) is 23.6 Å². The number of carbonyl (C=O) groups is 9. The highest BCUT2D eigenvalue weighted by Gasteiger charge is 2.30. The lowest BCUT2D eigenvalue weighted by atomic mass is 9.89. The number of aromatic carboxylic acids is 3. The molecule has 0 unspecified atom stereocenters. The summed E-state index contributed by atoms with van der Waals surface area (Å²) < 4.78 is 14.5. The lowest BCUT2D eigenvalue weighted by Gasteiger charge is -2.14. The fraction of sp³-hybridized carbons (Fsp3) is 0.0847. The van der Waals surface area contributed by atoms with Crippen LogP contribution in [0.1, 0.15) is 89.5 Å². The number of nitrogens with zero attached hydrogens (tertiary/aromatic N) is 3. The van der Waals surface area contributed by atoms with E-state index in [-0.39, 0.29) is 92.0 Å². The summed E-state index contributed by atoms with van der Waals surface area (Å²) in [6.07, 6.45) is 3.25. The van der Waals surface area contributed by atoms with Gasteiger partial charge in [0, 0.05) is 64.6 Å². The predicted octanol–water partition coefficient (Wildman–Crippen LogP) is 6.90. The van der Waals surface area contributed by atoms with E-state index in [1.54, 1.807) is 84.4 Å². The number of amides is 4. The number of nitrogen functional groups attached to an aromatic ring is 1. The summed E-state index contributed by atoms with van der Waals surface area (Å²) in [5, 5.41) is 40.5. The quantitative estimate of drug-likeness (QED) is 0.0206. The number of ketones is 2. The molecule has 22 nitrogen and oxygen atoms in total. The zero-order valence-corrected chi connectivity index (χ0v) is 42.6. The maximum Gasteiger partial charge on any atom is 0.337 e. The Morgan fingerprint density at radius 3 is 1.69 bits per heavy atom. The average molecular weight is 1090 g/mol. The van der Waals surface area contributed by atoms with Crippen LogP contribution in [-0.4, -0.2) is 109 Å². The number of hydrogen-bond donors (Lipinski definition) is 8. The highest BCUT2D eigenvalue weighted by molar-refractivity contribution is 6.21. The number of carbonyl (C=O) groups excluding carboxylic acids is 6. The number of rotatable bonds is 21. The van der Waals surface area contributed by atoms with Gasteiger partial charge in [0.05, 0.1) is 39.1 Å². The van der Waals surface area contributed by atoms with Crippen molar-refractivity contribution < 1.29 is 67.9 Å². The summed E-state index contributed by atoms with van der Waals surface area (Å²) in [6.45, 7) is 0.848. The molecule has 0 radical (unpaired) electrons. The van der Waals surface area contributed by atoms with Crippen molar-refractivity contribution in [2.75, 3.05) is 42.7 Å². The Hall–Kier alpha value is -11.4. The molecule has 22 heteroatoms. The number of nitrogens with one attached hydrogen (secondary N) is 4. The van der Waals surface area contributed by atoms with Gasteiger partial charge in [0.15, 0.2) is 30.6 Å². The van der Waals surface area contributed by atoms with Gasteiger partial charge in [-0.15, -0.1) is 0 Å². The highest BCUT2D eigenvalue weighted by atomic mass is 16.5. The van der Waals surface area contributed by atoms with E-state index < -0.39 is 66.3 Å². The van der Waals surface area contributed by atoms with Gasteiger partial charge >= 0.3 is 17.9 Å². The molecule has 0 bridgehead atoms. The van der Waals surface area contributed by atoms with Crippen LogP contribution in [0.25, 0.3) is 22.3 Å². The van der Waals surface area contributed by atoms with Gasteiger partial charge in [-0.05, 0) is 103 Å². The molecule has 0 aliphatic rings. The van der Waals surface area contributed by atoms with Gasteiger partial charge in [0.1, 0.15) is 11.5 Å². The summed E-state index contributed by atoms with van der Waals surface area (Å²) in [4.78, 5) is 121. The largest absolute Gasteiger partial charge is 0.484 e. The van der Waals surface area contributed by atoms with Crippen molar-refractivity contribution in [2.24, 2.45) is 0 Å². The first kappa shape index (κ1) is 54.4. The Morgan fingerprint density at radius 2 is 1.07 bits per heavy atom. The smallest absolute Gasteiger partial charge is 0.337 e. The van der Waals surface area contributed by atoms with Crippen LogP contribution >= 0.6 is 0 Å². The minimum Gasteiger partial charge on any atom is -0.484 e. The van der Waals surface area contributed by atoms with Gasteiger partial charge in [-0.25, -0.2) is 19.4 Å². The van der Waals surface area contributed by atoms with Crippen LogP contribution in [0.15, 0.2) is 158 Å². The second kappa shape index (κ2) is 23.4. The molecule has 9 aromatic rings. The molecular weight excluding hydrogens is 1040 g/mol. The van der Waals surface area contributed by atoms with Crippen LogP contribution in [0.4, 0.5) is 17.2 Å². The molecular formula is C59H46N8O14. The number of hydrogen-bond acceptors (Lipinski definition) is 13. The third kappa shape index (κ3) is 11.6. The number of ether oxygens (including phenoxy) is 2. The molecule has 5 aromatic carbocycles. The number of benzene rings is 5. The number of carboxylic acid groups (broad SMARTS) is 3. The molecule has 4 aromatic heterocycles. The third-order valence-electron chi connectivity index (χ3n) is 12.7. The number of nitrogens with two attached hydrogens (primary N) is 1. The number of fused-ring (bicyclic) bond motifs is 2. The Kier molecular flexibility index (Phi) is 15.7. The lowest BCUT2D eigenvalue weighted by molar-refractivity contribution is -0.124. The molecule has 4 amide bonds. The maximum absolute atomic E-state index is 14.2. The number of aromatic nitrogens is 3. The molecule has 9 N–H and O–H groups in total. The van der Waals surface area contributed by atoms with Crippen LogP contribution in [0, 0.1) is 6.92 Å². The zero-order valence-electron chi connectivity index (χ0n) is 42.6. The van der Waals surface area contributed by atoms with Crippen molar-refractivity contribution in [2.45, 2.75) is 6.92 Å². The second-order valence-corrected chi connectivity index (χ2v) is 17.9. The number of pyridine rings is 2. The summed E-state index contributed by atoms with van der Waals surface area (Å²) in [7, 11) is 0. The van der Waals surface area contributed by atoms with Crippen molar-refractivity contribution in [1.29, 1.82) is 0 Å². The molecule has 0 spiro atoms. The SMILES string of the molecule is Cc1c(NC(=O)c2cccc(OCC(=O)NCCNC(=O)COc3cccc(C(=O)Nc4nc(C(=O)c5ccc(N)c(C(=O)O)c5)n5ccccc45)c3)c2)c2ccccn2c1-c1cccc(C(=O)O)c1C(=O)c1ccccc1C(=O)O. The van der Waals surface area contributed by atoms with E-state index in [1.165, 1.54) is 83.3 Å². The monoisotopic (exact) mass is 1090 g/mol. The number of imidazole rings is 1. The van der Waals surface area contributed by atoms with Crippen LogP contribution in [-0.2, 0) is 9.59 Å². The van der Waals surface area contributed by atoms with Crippen LogP contribution in [0.3, 0.4) is 0 Å². The predicted molar refractivity (Wildman–Crippen MR) is 294 cm³/mol. The fourth-order valence-corrected chi connectivity index (χ4v) is 8.92. The van der Waals surface area contributed by atoms with Crippen LogP contribution in [0.5, 0.6) is 11.5 Å². The fourth-order valence-electron chi connectivity index (χ4n) is 8.92. The average Bonchev–Trinajstić information content (AvgIpc) is 4.10. The zero-order chi connectivity index (χ0) is 57.5. The summed E-state index contributed by atoms with van der Waals surface area (Å²) >= 11 is 0. The minimum absolute atomic E-state index is 0.0173. The normalized spacial score (nSPS) is 10.9. The van der Waals surface area contributed by atoms with Gasteiger partial charge in [-0.1, -0.05) is 54.6 Å². The molecule has 0 saturated carbocycles. The van der Waals surface area contributed by atoms with Crippen LogP contribution in [0.2, 0.25) is 0 Å².